The molecule has 0 aromatic rings. The molecule has 1 heterocycles. The summed E-state index contributed by atoms with van der Waals surface area (Å²) < 4.78 is 19.1. The number of aliphatic hydroxyl groups is 1. The van der Waals surface area contributed by atoms with Crippen LogP contribution in [0.3, 0.4) is 0 Å². The summed E-state index contributed by atoms with van der Waals surface area (Å²) in [5.74, 6) is 0.0371. The van der Waals surface area contributed by atoms with Crippen molar-refractivity contribution in [2.24, 2.45) is 40.4 Å². The molecule has 220 valence electrons. The summed E-state index contributed by atoms with van der Waals surface area (Å²) >= 11 is 0. The van der Waals surface area contributed by atoms with Crippen molar-refractivity contribution in [3.8, 4) is 0 Å². The number of rotatable bonds is 6. The Morgan fingerprint density at radius 1 is 1.15 bits per heavy atom. The van der Waals surface area contributed by atoms with E-state index < -0.39 is 29.5 Å². The lowest BCUT2D eigenvalue weighted by Crippen LogP contribution is -2.63. The quantitative estimate of drug-likeness (QED) is 0.457. The summed E-state index contributed by atoms with van der Waals surface area (Å²) in [4.78, 5) is 38.9. The fourth-order valence-electron chi connectivity index (χ4n) is 9.86. The lowest BCUT2D eigenvalue weighted by molar-refractivity contribution is -0.210. The van der Waals surface area contributed by atoms with Gasteiger partial charge in [-0.05, 0) is 68.4 Å². The van der Waals surface area contributed by atoms with Gasteiger partial charge < -0.3 is 19.3 Å². The minimum Gasteiger partial charge on any atom is -0.458 e. The van der Waals surface area contributed by atoms with Crippen LogP contribution in [0.4, 0.5) is 0 Å². The zero-order chi connectivity index (χ0) is 28.4. The fourth-order valence-corrected chi connectivity index (χ4v) is 9.86. The summed E-state index contributed by atoms with van der Waals surface area (Å²) in [6.45, 7) is 7.84. The predicted molar refractivity (Wildman–Crippen MR) is 148 cm³/mol. The third-order valence-electron chi connectivity index (χ3n) is 11.6. The Bertz CT molecular complexity index is 1120. The number of esters is 1. The monoisotopic (exact) mass is 554 g/mol. The lowest BCUT2D eigenvalue weighted by Gasteiger charge is -2.59. The first-order chi connectivity index (χ1) is 19.0. The molecule has 0 aromatic carbocycles. The summed E-state index contributed by atoms with van der Waals surface area (Å²) in [6, 6.07) is 0. The maximum atomic E-state index is 14.3. The first-order valence-electron chi connectivity index (χ1n) is 15.6. The van der Waals surface area contributed by atoms with E-state index in [0.717, 1.165) is 44.1 Å². The van der Waals surface area contributed by atoms with E-state index in [1.807, 2.05) is 19.9 Å². The van der Waals surface area contributed by atoms with E-state index in [-0.39, 0.29) is 65.6 Å². The molecule has 6 aliphatic rings. The molecule has 0 unspecified atom stereocenters. The van der Waals surface area contributed by atoms with Gasteiger partial charge in [0, 0.05) is 29.1 Å². The number of ketones is 2. The number of ether oxygens (including phenoxy) is 3. The Morgan fingerprint density at radius 3 is 2.62 bits per heavy atom. The molecule has 0 bridgehead atoms. The molecule has 6 rings (SSSR count). The molecular formula is C33H46O7. The first kappa shape index (κ1) is 28.3. The van der Waals surface area contributed by atoms with Gasteiger partial charge in [0.05, 0.1) is 12.2 Å². The second kappa shape index (κ2) is 10.2. The van der Waals surface area contributed by atoms with Crippen molar-refractivity contribution in [3.05, 3.63) is 23.8 Å². The molecule has 9 atom stereocenters. The topological polar surface area (TPSA) is 99.1 Å². The van der Waals surface area contributed by atoms with Crippen molar-refractivity contribution in [1.29, 1.82) is 0 Å². The SMILES string of the molecule is CC(C)CC(=O)OCC(=O)[C@@]12O[C@@H](C3CCCCC3)O[C@@H]1C[C@H]1[C@@H]3CCC4=CC(=O)C=C[C@]4(C)[C@H]3[C@@H](O)C[C@@]12C. The Morgan fingerprint density at radius 2 is 1.90 bits per heavy atom. The summed E-state index contributed by atoms with van der Waals surface area (Å²) in [5, 5.41) is 11.9. The van der Waals surface area contributed by atoms with Gasteiger partial charge in [-0.25, -0.2) is 0 Å². The van der Waals surface area contributed by atoms with E-state index in [0.29, 0.717) is 12.8 Å². The van der Waals surface area contributed by atoms with Crippen LogP contribution in [-0.4, -0.2) is 53.3 Å². The minimum absolute atomic E-state index is 0.0172. The van der Waals surface area contributed by atoms with E-state index >= 15 is 0 Å². The Balaban J connectivity index is 1.33. The summed E-state index contributed by atoms with van der Waals surface area (Å²) in [5.41, 5.74) is -1.19. The number of aliphatic hydroxyl groups excluding tert-OH is 1. The van der Waals surface area contributed by atoms with Crippen LogP contribution in [0.2, 0.25) is 0 Å². The van der Waals surface area contributed by atoms with Crippen molar-refractivity contribution < 1.29 is 33.7 Å². The lowest BCUT2D eigenvalue weighted by atomic mass is 9.46. The number of fused-ring (bicyclic) bond motifs is 7. The van der Waals surface area contributed by atoms with Crippen molar-refractivity contribution in [1.82, 2.24) is 0 Å². The van der Waals surface area contributed by atoms with E-state index in [2.05, 4.69) is 13.8 Å². The van der Waals surface area contributed by atoms with Crippen molar-refractivity contribution in [2.75, 3.05) is 6.61 Å². The molecule has 5 fully saturated rings. The van der Waals surface area contributed by atoms with Gasteiger partial charge in [0.15, 0.2) is 24.3 Å². The highest BCUT2D eigenvalue weighted by Crippen LogP contribution is 2.70. The highest BCUT2D eigenvalue weighted by Gasteiger charge is 2.76. The van der Waals surface area contributed by atoms with E-state index in [1.54, 1.807) is 12.2 Å². The van der Waals surface area contributed by atoms with E-state index in [9.17, 15) is 19.5 Å². The molecule has 0 aromatic heterocycles. The number of Topliss-reactive ketones (excluding diaryl/α,β-unsaturated/α-hetero) is 1. The number of carbonyl (C=O) groups excluding carboxylic acids is 3. The van der Waals surface area contributed by atoms with Crippen LogP contribution in [-0.2, 0) is 28.6 Å². The normalized spacial score (nSPS) is 44.5. The molecule has 5 aliphatic carbocycles. The van der Waals surface area contributed by atoms with Crippen LogP contribution in [0.15, 0.2) is 23.8 Å². The first-order valence-corrected chi connectivity index (χ1v) is 15.6. The second-order valence-corrected chi connectivity index (χ2v) is 14.4. The number of carbonyl (C=O) groups is 3. The van der Waals surface area contributed by atoms with Gasteiger partial charge in [-0.3, -0.25) is 14.4 Å². The maximum absolute atomic E-state index is 14.3. The fraction of sp³-hybridized carbons (Fsp3) is 0.788. The zero-order valence-electron chi connectivity index (χ0n) is 24.5. The molecule has 1 aliphatic heterocycles. The molecule has 4 saturated carbocycles. The molecule has 40 heavy (non-hydrogen) atoms. The number of hydrogen-bond donors (Lipinski definition) is 1. The van der Waals surface area contributed by atoms with Gasteiger partial charge >= 0.3 is 5.97 Å². The van der Waals surface area contributed by atoms with Crippen molar-refractivity contribution in [3.63, 3.8) is 0 Å². The Kier molecular flexibility index (Phi) is 7.19. The molecule has 7 nitrogen and oxygen atoms in total. The van der Waals surface area contributed by atoms with Crippen LogP contribution >= 0.6 is 0 Å². The zero-order valence-corrected chi connectivity index (χ0v) is 24.5. The van der Waals surface area contributed by atoms with Crippen LogP contribution < -0.4 is 0 Å². The van der Waals surface area contributed by atoms with Gasteiger partial charge in [0.2, 0.25) is 5.78 Å². The highest BCUT2D eigenvalue weighted by atomic mass is 16.7. The smallest absolute Gasteiger partial charge is 0.306 e. The van der Waals surface area contributed by atoms with E-state index in [4.69, 9.17) is 14.2 Å². The van der Waals surface area contributed by atoms with Gasteiger partial charge in [0.1, 0.15) is 0 Å². The number of allylic oxidation sites excluding steroid dienone is 4. The molecule has 7 heteroatoms. The average molecular weight is 555 g/mol. The van der Waals surface area contributed by atoms with Crippen LogP contribution in [0.1, 0.15) is 91.9 Å². The second-order valence-electron chi connectivity index (χ2n) is 14.4. The van der Waals surface area contributed by atoms with Crippen LogP contribution in [0.25, 0.3) is 0 Å². The Hall–Kier alpha value is -1.83. The molecule has 1 saturated heterocycles. The van der Waals surface area contributed by atoms with Gasteiger partial charge in [-0.1, -0.05) is 58.6 Å². The van der Waals surface area contributed by atoms with Gasteiger partial charge in [-0.2, -0.15) is 0 Å². The minimum atomic E-state index is -1.25. The molecular weight excluding hydrogens is 508 g/mol. The van der Waals surface area contributed by atoms with E-state index in [1.165, 1.54) is 6.42 Å². The highest BCUT2D eigenvalue weighted by molar-refractivity contribution is 6.01. The van der Waals surface area contributed by atoms with Gasteiger partial charge in [0.25, 0.3) is 0 Å². The summed E-state index contributed by atoms with van der Waals surface area (Å²) in [6.07, 6.45) is 12.4. The number of hydrogen-bond acceptors (Lipinski definition) is 7. The standard InChI is InChI=1S/C33H46O7/c1-19(2)14-28(37)38-18-26(36)33-27(39-30(40-33)20-8-6-5-7-9-20)16-24-23-11-10-21-15-22(34)12-13-31(21,3)29(23)25(35)17-32(24,33)4/h12-13,15,19-20,23-25,27,29-30,35H,5-11,14,16-18H2,1-4H3/t23-,24-,25-,27+,29+,30-,31-,32-,33+/m0/s1. The molecule has 0 radical (unpaired) electrons. The van der Waals surface area contributed by atoms with Crippen molar-refractivity contribution in [2.45, 2.75) is 116 Å². The van der Waals surface area contributed by atoms with Gasteiger partial charge in [-0.15, -0.1) is 0 Å². The molecule has 0 spiro atoms. The predicted octanol–water partition coefficient (Wildman–Crippen LogP) is 5.09. The largest absolute Gasteiger partial charge is 0.458 e. The third-order valence-corrected chi connectivity index (χ3v) is 11.6. The van der Waals surface area contributed by atoms with Crippen LogP contribution in [0.5, 0.6) is 0 Å². The van der Waals surface area contributed by atoms with Crippen molar-refractivity contribution >= 4 is 17.5 Å². The molecule has 0 amide bonds. The third kappa shape index (κ3) is 4.20. The average Bonchev–Trinajstić information content (AvgIpc) is 3.41. The maximum Gasteiger partial charge on any atom is 0.306 e. The van der Waals surface area contributed by atoms with Crippen LogP contribution in [0, 0.1) is 40.4 Å². The Labute approximate surface area is 238 Å². The summed E-state index contributed by atoms with van der Waals surface area (Å²) in [7, 11) is 0. The molecule has 1 N–H and O–H groups in total.